The number of carboxylic acids is 1. The molecule has 0 heterocycles. The maximum atomic E-state index is 12.3. The number of urea groups is 1. The van der Waals surface area contributed by atoms with Crippen LogP contribution in [0.3, 0.4) is 0 Å². The fraction of sp³-hybridized carbons (Fsp3) is 0.385. The summed E-state index contributed by atoms with van der Waals surface area (Å²) in [6.07, 6.45) is 0. The van der Waals surface area contributed by atoms with E-state index in [1.807, 2.05) is 0 Å². The van der Waals surface area contributed by atoms with Crippen LogP contribution in [0.1, 0.15) is 20.8 Å². The molecule has 8 heteroatoms. The van der Waals surface area contributed by atoms with Crippen molar-refractivity contribution in [1.29, 1.82) is 0 Å². The number of halogens is 3. The summed E-state index contributed by atoms with van der Waals surface area (Å²) in [6, 6.07) is 2.25. The number of aliphatic carboxylic acids is 1. The molecule has 116 valence electrons. The number of carboxylic acid groups (broad SMARTS) is 1. The maximum Gasteiger partial charge on any atom is 0.329 e. The van der Waals surface area contributed by atoms with Crippen LogP contribution >= 0.6 is 34.8 Å². The Hall–Kier alpha value is -1.17. The summed E-state index contributed by atoms with van der Waals surface area (Å²) in [6.45, 7) is 4.75. The summed E-state index contributed by atoms with van der Waals surface area (Å²) in [5, 5.41) is 12.4. The third-order valence-electron chi connectivity index (χ3n) is 3.00. The highest BCUT2D eigenvalue weighted by Gasteiger charge is 2.37. The smallest absolute Gasteiger partial charge is 0.329 e. The average Bonchev–Trinajstić information content (AvgIpc) is 2.34. The van der Waals surface area contributed by atoms with Crippen LogP contribution in [0.15, 0.2) is 12.1 Å². The Morgan fingerprint density at radius 2 is 1.71 bits per heavy atom. The molecule has 0 radical (unpaired) electrons. The van der Waals surface area contributed by atoms with Gasteiger partial charge in [-0.15, -0.1) is 0 Å². The van der Waals surface area contributed by atoms with Crippen LogP contribution in [0.4, 0.5) is 10.5 Å². The van der Waals surface area contributed by atoms with Crippen molar-refractivity contribution in [2.24, 2.45) is 0 Å². The van der Waals surface area contributed by atoms with Gasteiger partial charge in [-0.3, -0.25) is 0 Å². The molecule has 0 saturated heterocycles. The number of hydrogen-bond acceptors (Lipinski definition) is 2. The highest BCUT2D eigenvalue weighted by molar-refractivity contribution is 6.42. The zero-order chi connectivity index (χ0) is 16.4. The summed E-state index contributed by atoms with van der Waals surface area (Å²) in [4.78, 5) is 24.7. The SMILES string of the molecule is CCN(C(=O)Nc1c(Cl)cc(Cl)cc1Cl)C(C)(C)C(=O)O. The quantitative estimate of drug-likeness (QED) is 0.844. The minimum absolute atomic E-state index is 0.171. The first-order chi connectivity index (χ1) is 9.61. The zero-order valence-corrected chi connectivity index (χ0v) is 14.0. The Morgan fingerprint density at radius 1 is 1.24 bits per heavy atom. The molecule has 0 unspecified atom stereocenters. The maximum absolute atomic E-state index is 12.3. The third-order valence-corrected chi connectivity index (χ3v) is 3.81. The molecule has 0 aliphatic carbocycles. The van der Waals surface area contributed by atoms with Crippen molar-refractivity contribution in [3.63, 3.8) is 0 Å². The van der Waals surface area contributed by atoms with Crippen LogP contribution in [0.2, 0.25) is 15.1 Å². The molecule has 0 bridgehead atoms. The lowest BCUT2D eigenvalue weighted by molar-refractivity contribution is -0.147. The highest BCUT2D eigenvalue weighted by Crippen LogP contribution is 2.34. The molecule has 5 nitrogen and oxygen atoms in total. The van der Waals surface area contributed by atoms with Gasteiger partial charge in [-0.25, -0.2) is 9.59 Å². The topological polar surface area (TPSA) is 69.6 Å². The molecular formula is C13H15Cl3N2O3. The van der Waals surface area contributed by atoms with Crippen molar-refractivity contribution in [3.05, 3.63) is 27.2 Å². The largest absolute Gasteiger partial charge is 0.480 e. The van der Waals surface area contributed by atoms with Crippen molar-refractivity contribution in [2.75, 3.05) is 11.9 Å². The van der Waals surface area contributed by atoms with Crippen molar-refractivity contribution < 1.29 is 14.7 Å². The van der Waals surface area contributed by atoms with Crippen molar-refractivity contribution in [3.8, 4) is 0 Å². The number of anilines is 1. The first-order valence-corrected chi connectivity index (χ1v) is 7.21. The lowest BCUT2D eigenvalue weighted by Gasteiger charge is -2.34. The van der Waals surface area contributed by atoms with Gasteiger partial charge in [0.1, 0.15) is 5.54 Å². The molecule has 1 aromatic rings. The summed E-state index contributed by atoms with van der Waals surface area (Å²) >= 11 is 17.8. The molecule has 0 saturated carbocycles. The first-order valence-electron chi connectivity index (χ1n) is 6.07. The van der Waals surface area contributed by atoms with Crippen molar-refractivity contribution >= 4 is 52.5 Å². The fourth-order valence-electron chi connectivity index (χ4n) is 1.74. The van der Waals surface area contributed by atoms with E-state index >= 15 is 0 Å². The van der Waals surface area contributed by atoms with E-state index in [4.69, 9.17) is 34.8 Å². The first kappa shape index (κ1) is 17.9. The highest BCUT2D eigenvalue weighted by atomic mass is 35.5. The molecule has 1 rings (SSSR count). The second-order valence-corrected chi connectivity index (χ2v) is 6.03. The monoisotopic (exact) mass is 352 g/mol. The fourth-order valence-corrected chi connectivity index (χ4v) is 2.66. The zero-order valence-electron chi connectivity index (χ0n) is 11.7. The van der Waals surface area contributed by atoms with E-state index in [1.54, 1.807) is 6.92 Å². The predicted octanol–water partition coefficient (Wildman–Crippen LogP) is 4.36. The molecule has 1 aromatic carbocycles. The molecule has 2 N–H and O–H groups in total. The van der Waals surface area contributed by atoms with Crippen molar-refractivity contribution in [1.82, 2.24) is 4.90 Å². The van der Waals surface area contributed by atoms with Crippen LogP contribution in [0, 0.1) is 0 Å². The number of benzene rings is 1. The Bertz CT molecular complexity index is 553. The molecule has 0 spiro atoms. The second kappa shape index (κ2) is 6.73. The van der Waals surface area contributed by atoms with Gasteiger partial charge in [-0.2, -0.15) is 0 Å². The molecule has 0 fully saturated rings. The Balaban J connectivity index is 3.08. The van der Waals surface area contributed by atoms with Gasteiger partial charge >= 0.3 is 12.0 Å². The van der Waals surface area contributed by atoms with E-state index in [2.05, 4.69) is 5.32 Å². The van der Waals surface area contributed by atoms with Gasteiger partial charge < -0.3 is 15.3 Å². The summed E-state index contributed by atoms with van der Waals surface area (Å²) < 4.78 is 0. The molecule has 2 amide bonds. The van der Waals surface area contributed by atoms with E-state index in [-0.39, 0.29) is 22.3 Å². The van der Waals surface area contributed by atoms with Crippen LogP contribution in [-0.2, 0) is 4.79 Å². The average molecular weight is 354 g/mol. The van der Waals surface area contributed by atoms with E-state index in [9.17, 15) is 14.7 Å². The molecule has 21 heavy (non-hydrogen) atoms. The van der Waals surface area contributed by atoms with E-state index in [1.165, 1.54) is 26.0 Å². The Labute approximate surface area is 137 Å². The summed E-state index contributed by atoms with van der Waals surface area (Å²) in [7, 11) is 0. The standard InChI is InChI=1S/C13H15Cl3N2O3/c1-4-18(13(2,3)11(19)20)12(21)17-10-8(15)5-7(14)6-9(10)16/h5-6H,4H2,1-3H3,(H,17,21)(H,19,20). The predicted molar refractivity (Wildman–Crippen MR) is 84.6 cm³/mol. The van der Waals surface area contributed by atoms with Crippen LogP contribution < -0.4 is 5.32 Å². The van der Waals surface area contributed by atoms with Gasteiger partial charge in [0.05, 0.1) is 15.7 Å². The number of rotatable bonds is 4. The second-order valence-electron chi connectivity index (χ2n) is 4.78. The third kappa shape index (κ3) is 3.93. The number of hydrogen-bond donors (Lipinski definition) is 2. The number of nitrogens with one attached hydrogen (secondary N) is 1. The minimum atomic E-state index is -1.37. The lowest BCUT2D eigenvalue weighted by Crippen LogP contribution is -2.54. The van der Waals surface area contributed by atoms with Gasteiger partial charge in [0.25, 0.3) is 0 Å². The number of amides is 2. The van der Waals surface area contributed by atoms with E-state index < -0.39 is 17.5 Å². The summed E-state index contributed by atoms with van der Waals surface area (Å²) in [5.41, 5.74) is -1.18. The Kier molecular flexibility index (Phi) is 5.73. The molecule has 0 aliphatic heterocycles. The minimum Gasteiger partial charge on any atom is -0.480 e. The number of carbonyl (C=O) groups is 2. The van der Waals surface area contributed by atoms with E-state index in [0.29, 0.717) is 5.02 Å². The number of nitrogens with zero attached hydrogens (tertiary/aromatic N) is 1. The van der Waals surface area contributed by atoms with E-state index in [0.717, 1.165) is 4.90 Å². The molecule has 0 atom stereocenters. The van der Waals surface area contributed by atoms with Gasteiger partial charge in [-0.05, 0) is 32.9 Å². The van der Waals surface area contributed by atoms with Crippen molar-refractivity contribution in [2.45, 2.75) is 26.3 Å². The van der Waals surface area contributed by atoms with Gasteiger partial charge in [-0.1, -0.05) is 34.8 Å². The molecule has 0 aromatic heterocycles. The molecular weight excluding hydrogens is 339 g/mol. The van der Waals surface area contributed by atoms with Crippen LogP contribution in [0.25, 0.3) is 0 Å². The number of likely N-dealkylation sites (N-methyl/N-ethyl adjacent to an activating group) is 1. The molecule has 0 aliphatic rings. The van der Waals surface area contributed by atoms with Crippen LogP contribution in [0.5, 0.6) is 0 Å². The number of carbonyl (C=O) groups excluding carboxylic acids is 1. The van der Waals surface area contributed by atoms with Gasteiger partial charge in [0.15, 0.2) is 0 Å². The van der Waals surface area contributed by atoms with Gasteiger partial charge in [0, 0.05) is 11.6 Å². The van der Waals surface area contributed by atoms with Crippen LogP contribution in [-0.4, -0.2) is 34.1 Å². The Morgan fingerprint density at radius 3 is 2.10 bits per heavy atom. The lowest BCUT2D eigenvalue weighted by atomic mass is 10.0. The normalized spacial score (nSPS) is 11.1. The van der Waals surface area contributed by atoms with Gasteiger partial charge in [0.2, 0.25) is 0 Å². The summed E-state index contributed by atoms with van der Waals surface area (Å²) in [5.74, 6) is -1.12.